The van der Waals surface area contributed by atoms with E-state index >= 15 is 0 Å². The minimum atomic E-state index is 0.396. The Hall–Kier alpha value is -0.820. The Balaban J connectivity index is 1.86. The maximum absolute atomic E-state index is 5.61. The zero-order valence-corrected chi connectivity index (χ0v) is 8.07. The molecular formula is C12H16O. The Morgan fingerprint density at radius 1 is 1.23 bits per heavy atom. The number of hydrogen-bond donors (Lipinski definition) is 0. The molecule has 2 unspecified atom stereocenters. The molecule has 1 heteroatoms. The smallest absolute Gasteiger partial charge is 0.109 e. The number of ether oxygens (including phenoxy) is 1. The Labute approximate surface area is 79.7 Å². The van der Waals surface area contributed by atoms with E-state index in [4.69, 9.17) is 4.74 Å². The van der Waals surface area contributed by atoms with E-state index in [1.54, 1.807) is 0 Å². The second-order valence-electron chi connectivity index (χ2n) is 3.65. The molecule has 0 amide bonds. The Bertz CT molecular complexity index is 255. The highest BCUT2D eigenvalue weighted by Crippen LogP contribution is 2.41. The first-order valence-corrected chi connectivity index (χ1v) is 5.12. The highest BCUT2D eigenvalue weighted by atomic mass is 16.6. The molecule has 0 aliphatic carbocycles. The fourth-order valence-corrected chi connectivity index (χ4v) is 1.70. The van der Waals surface area contributed by atoms with Gasteiger partial charge in [-0.05, 0) is 12.0 Å². The van der Waals surface area contributed by atoms with E-state index < -0.39 is 0 Å². The number of hydrogen-bond acceptors (Lipinski definition) is 1. The maximum atomic E-state index is 5.61. The highest BCUT2D eigenvalue weighted by Gasteiger charge is 2.38. The van der Waals surface area contributed by atoms with E-state index in [1.165, 1.54) is 24.8 Å². The summed E-state index contributed by atoms with van der Waals surface area (Å²) in [6.45, 7) is 2.22. The topological polar surface area (TPSA) is 12.5 Å². The van der Waals surface area contributed by atoms with Crippen LogP contribution in [0.15, 0.2) is 30.3 Å². The lowest BCUT2D eigenvalue weighted by atomic mass is 10.1. The summed E-state index contributed by atoms with van der Waals surface area (Å²) in [6.07, 6.45) is 4.67. The van der Waals surface area contributed by atoms with Crippen molar-refractivity contribution in [3.05, 3.63) is 35.9 Å². The van der Waals surface area contributed by atoms with Gasteiger partial charge in [-0.2, -0.15) is 0 Å². The summed E-state index contributed by atoms with van der Waals surface area (Å²) in [5, 5.41) is 0. The van der Waals surface area contributed by atoms with Crippen LogP contribution in [0.5, 0.6) is 0 Å². The third kappa shape index (κ3) is 2.10. The lowest BCUT2D eigenvalue weighted by Crippen LogP contribution is -1.88. The predicted molar refractivity (Wildman–Crippen MR) is 53.6 cm³/mol. The van der Waals surface area contributed by atoms with Crippen LogP contribution in [0.2, 0.25) is 0 Å². The Morgan fingerprint density at radius 3 is 2.69 bits per heavy atom. The normalized spacial score (nSPS) is 25.9. The monoisotopic (exact) mass is 176 g/mol. The van der Waals surface area contributed by atoms with E-state index in [-0.39, 0.29) is 0 Å². The molecule has 2 rings (SSSR count). The Morgan fingerprint density at radius 2 is 2.00 bits per heavy atom. The molecule has 1 aromatic carbocycles. The average Bonchev–Trinajstić information content (AvgIpc) is 2.95. The van der Waals surface area contributed by atoms with Crippen LogP contribution in [0.25, 0.3) is 0 Å². The van der Waals surface area contributed by atoms with Crippen LogP contribution in [0.4, 0.5) is 0 Å². The molecule has 1 aliphatic rings. The molecule has 13 heavy (non-hydrogen) atoms. The average molecular weight is 176 g/mol. The largest absolute Gasteiger partial charge is 0.365 e. The van der Waals surface area contributed by atoms with Crippen molar-refractivity contribution in [2.75, 3.05) is 0 Å². The molecule has 0 aromatic heterocycles. The van der Waals surface area contributed by atoms with E-state index in [9.17, 15) is 0 Å². The van der Waals surface area contributed by atoms with E-state index in [0.29, 0.717) is 12.2 Å². The summed E-state index contributed by atoms with van der Waals surface area (Å²) in [5.41, 5.74) is 1.34. The molecule has 2 atom stereocenters. The molecule has 0 bridgehead atoms. The molecule has 1 nitrogen and oxygen atoms in total. The minimum absolute atomic E-state index is 0.396. The zero-order chi connectivity index (χ0) is 9.10. The minimum Gasteiger partial charge on any atom is -0.365 e. The Kier molecular flexibility index (Phi) is 2.65. The molecule has 1 aliphatic heterocycles. The number of rotatable bonds is 4. The van der Waals surface area contributed by atoms with Gasteiger partial charge in [0.25, 0.3) is 0 Å². The summed E-state index contributed by atoms with van der Waals surface area (Å²) in [6, 6.07) is 10.5. The molecule has 1 aromatic rings. The highest BCUT2D eigenvalue weighted by molar-refractivity contribution is 5.22. The summed E-state index contributed by atoms with van der Waals surface area (Å²) < 4.78 is 5.61. The third-order valence-electron chi connectivity index (χ3n) is 2.55. The second kappa shape index (κ2) is 3.93. The lowest BCUT2D eigenvalue weighted by Gasteiger charge is -1.94. The zero-order valence-electron chi connectivity index (χ0n) is 8.07. The van der Waals surface area contributed by atoms with Crippen molar-refractivity contribution < 1.29 is 4.74 Å². The van der Waals surface area contributed by atoms with Gasteiger partial charge < -0.3 is 4.74 Å². The van der Waals surface area contributed by atoms with Crippen LogP contribution in [0.1, 0.15) is 37.9 Å². The molecule has 0 N–H and O–H groups in total. The van der Waals surface area contributed by atoms with Crippen molar-refractivity contribution in [1.82, 2.24) is 0 Å². The molecule has 1 saturated heterocycles. The fraction of sp³-hybridized carbons (Fsp3) is 0.500. The van der Waals surface area contributed by atoms with Crippen LogP contribution in [0, 0.1) is 0 Å². The molecule has 1 heterocycles. The fourth-order valence-electron chi connectivity index (χ4n) is 1.70. The van der Waals surface area contributed by atoms with Gasteiger partial charge in [0.05, 0.1) is 6.10 Å². The van der Waals surface area contributed by atoms with Gasteiger partial charge in [-0.1, -0.05) is 50.1 Å². The first-order chi connectivity index (χ1) is 6.42. The van der Waals surface area contributed by atoms with E-state index in [0.717, 1.165) is 0 Å². The summed E-state index contributed by atoms with van der Waals surface area (Å²) >= 11 is 0. The van der Waals surface area contributed by atoms with E-state index in [2.05, 4.69) is 31.2 Å². The molecule has 1 fully saturated rings. The second-order valence-corrected chi connectivity index (χ2v) is 3.65. The summed E-state index contributed by atoms with van der Waals surface area (Å²) in [7, 11) is 0. The maximum Gasteiger partial charge on any atom is 0.109 e. The van der Waals surface area contributed by atoms with Crippen molar-refractivity contribution in [3.8, 4) is 0 Å². The SMILES string of the molecule is CCCCC1OC1c1ccccc1. The van der Waals surface area contributed by atoms with E-state index in [1.807, 2.05) is 6.07 Å². The van der Waals surface area contributed by atoms with Gasteiger partial charge in [-0.3, -0.25) is 0 Å². The van der Waals surface area contributed by atoms with Gasteiger partial charge >= 0.3 is 0 Å². The number of benzene rings is 1. The van der Waals surface area contributed by atoms with Crippen LogP contribution in [-0.4, -0.2) is 6.10 Å². The standard InChI is InChI=1S/C12H16O/c1-2-3-9-11-12(13-11)10-7-5-4-6-8-10/h4-8,11-12H,2-3,9H2,1H3. The van der Waals surface area contributed by atoms with Gasteiger partial charge in [-0.25, -0.2) is 0 Å². The molecule has 0 radical (unpaired) electrons. The van der Waals surface area contributed by atoms with Crippen LogP contribution in [0.3, 0.4) is 0 Å². The van der Waals surface area contributed by atoms with Gasteiger partial charge in [-0.15, -0.1) is 0 Å². The summed E-state index contributed by atoms with van der Waals surface area (Å²) in [5.74, 6) is 0. The molecular weight excluding hydrogens is 160 g/mol. The van der Waals surface area contributed by atoms with Crippen molar-refractivity contribution in [3.63, 3.8) is 0 Å². The summed E-state index contributed by atoms with van der Waals surface area (Å²) in [4.78, 5) is 0. The van der Waals surface area contributed by atoms with Gasteiger partial charge in [0.2, 0.25) is 0 Å². The number of unbranched alkanes of at least 4 members (excludes halogenated alkanes) is 1. The third-order valence-corrected chi connectivity index (χ3v) is 2.55. The van der Waals surface area contributed by atoms with Gasteiger partial charge in [0.15, 0.2) is 0 Å². The van der Waals surface area contributed by atoms with Gasteiger partial charge in [0.1, 0.15) is 6.10 Å². The first kappa shape index (κ1) is 8.76. The molecule has 0 saturated carbocycles. The molecule has 70 valence electrons. The number of epoxide rings is 1. The van der Waals surface area contributed by atoms with Crippen LogP contribution >= 0.6 is 0 Å². The van der Waals surface area contributed by atoms with Crippen LogP contribution in [-0.2, 0) is 4.74 Å². The predicted octanol–water partition coefficient (Wildman–Crippen LogP) is 3.32. The van der Waals surface area contributed by atoms with Crippen molar-refractivity contribution in [2.45, 2.75) is 38.4 Å². The van der Waals surface area contributed by atoms with Crippen molar-refractivity contribution in [2.24, 2.45) is 0 Å². The van der Waals surface area contributed by atoms with Gasteiger partial charge in [0, 0.05) is 0 Å². The quantitative estimate of drug-likeness (QED) is 0.641. The van der Waals surface area contributed by atoms with Crippen LogP contribution < -0.4 is 0 Å². The van der Waals surface area contributed by atoms with Crippen molar-refractivity contribution >= 4 is 0 Å². The van der Waals surface area contributed by atoms with Crippen molar-refractivity contribution in [1.29, 1.82) is 0 Å². The lowest BCUT2D eigenvalue weighted by molar-refractivity contribution is 0.362. The molecule has 0 spiro atoms. The first-order valence-electron chi connectivity index (χ1n) is 5.12.